The summed E-state index contributed by atoms with van der Waals surface area (Å²) in [6.07, 6.45) is 2.90. The van der Waals surface area contributed by atoms with E-state index in [1.54, 1.807) is 21.1 Å². The molecule has 0 aliphatic carbocycles. The van der Waals surface area contributed by atoms with Gasteiger partial charge in [0.1, 0.15) is 0 Å². The van der Waals surface area contributed by atoms with E-state index in [4.69, 9.17) is 9.47 Å². The predicted molar refractivity (Wildman–Crippen MR) is 105 cm³/mol. The lowest BCUT2D eigenvalue weighted by atomic mass is 9.97. The second kappa shape index (κ2) is 8.25. The van der Waals surface area contributed by atoms with E-state index in [0.29, 0.717) is 36.4 Å². The molecule has 0 atom stereocenters. The zero-order valence-electron chi connectivity index (χ0n) is 16.1. The van der Waals surface area contributed by atoms with Gasteiger partial charge in [-0.2, -0.15) is 0 Å². The van der Waals surface area contributed by atoms with Gasteiger partial charge in [0, 0.05) is 24.2 Å². The molecule has 1 amide bonds. The van der Waals surface area contributed by atoms with Crippen molar-refractivity contribution in [3.05, 3.63) is 53.1 Å². The highest BCUT2D eigenvalue weighted by Gasteiger charge is 2.23. The average molecular weight is 367 g/mol. The summed E-state index contributed by atoms with van der Waals surface area (Å²) < 4.78 is 10.6. The molecule has 142 valence electrons. The van der Waals surface area contributed by atoms with Gasteiger partial charge in [0.05, 0.1) is 14.2 Å². The minimum absolute atomic E-state index is 0.0149. The quantitative estimate of drug-likeness (QED) is 0.729. The zero-order chi connectivity index (χ0) is 19.4. The number of methoxy groups -OCH3 is 2. The van der Waals surface area contributed by atoms with Crippen LogP contribution in [0.5, 0.6) is 11.5 Å². The molecule has 5 nitrogen and oxygen atoms in total. The van der Waals surface area contributed by atoms with Gasteiger partial charge in [-0.05, 0) is 55.5 Å². The Labute approximate surface area is 159 Å². The molecule has 0 saturated heterocycles. The van der Waals surface area contributed by atoms with E-state index in [-0.39, 0.29) is 11.7 Å². The first-order valence-corrected chi connectivity index (χ1v) is 9.18. The van der Waals surface area contributed by atoms with Gasteiger partial charge < -0.3 is 14.4 Å². The third-order valence-electron chi connectivity index (χ3n) is 4.99. The number of carbonyl (C=O) groups is 2. The molecule has 0 bridgehead atoms. The largest absolute Gasteiger partial charge is 0.493 e. The van der Waals surface area contributed by atoms with Crippen LogP contribution >= 0.6 is 0 Å². The average Bonchev–Trinajstić information content (AvgIpc) is 2.70. The minimum Gasteiger partial charge on any atom is -0.493 e. The molecule has 0 unspecified atom stereocenters. The number of carbonyl (C=O) groups excluding carboxylic acids is 2. The number of fused-ring (bicyclic) bond motifs is 1. The van der Waals surface area contributed by atoms with E-state index in [9.17, 15) is 9.59 Å². The highest BCUT2D eigenvalue weighted by molar-refractivity contribution is 5.99. The van der Waals surface area contributed by atoms with Crippen LogP contribution in [0.25, 0.3) is 0 Å². The van der Waals surface area contributed by atoms with Crippen molar-refractivity contribution in [2.75, 3.05) is 25.7 Å². The van der Waals surface area contributed by atoms with Crippen LogP contribution in [0.2, 0.25) is 0 Å². The van der Waals surface area contributed by atoms with Crippen LogP contribution in [0.3, 0.4) is 0 Å². The highest BCUT2D eigenvalue weighted by Crippen LogP contribution is 2.30. The summed E-state index contributed by atoms with van der Waals surface area (Å²) in [4.78, 5) is 26.4. The normalized spacial score (nSPS) is 13.1. The van der Waals surface area contributed by atoms with Crippen molar-refractivity contribution in [2.24, 2.45) is 0 Å². The van der Waals surface area contributed by atoms with E-state index < -0.39 is 0 Å². The lowest BCUT2D eigenvalue weighted by Gasteiger charge is -2.30. The fourth-order valence-electron chi connectivity index (χ4n) is 3.47. The number of hydrogen-bond donors (Lipinski definition) is 0. The van der Waals surface area contributed by atoms with Crippen molar-refractivity contribution < 1.29 is 19.1 Å². The summed E-state index contributed by atoms with van der Waals surface area (Å²) in [5, 5.41) is 0. The Morgan fingerprint density at radius 1 is 1.04 bits per heavy atom. The van der Waals surface area contributed by atoms with Gasteiger partial charge in [-0.15, -0.1) is 0 Å². The van der Waals surface area contributed by atoms with E-state index in [0.717, 1.165) is 29.7 Å². The second-order valence-corrected chi connectivity index (χ2v) is 6.74. The summed E-state index contributed by atoms with van der Waals surface area (Å²) in [5.74, 6) is 1.43. The molecule has 5 heteroatoms. The molecule has 0 fully saturated rings. The van der Waals surface area contributed by atoms with Crippen molar-refractivity contribution in [3.63, 3.8) is 0 Å². The van der Waals surface area contributed by atoms with Gasteiger partial charge in [0.25, 0.3) is 0 Å². The third kappa shape index (κ3) is 4.13. The molecule has 1 aliphatic rings. The van der Waals surface area contributed by atoms with E-state index in [1.165, 1.54) is 0 Å². The SMILES string of the molecule is COc1ccc(CCC(=O)N2CCCc3ccc(C(C)=O)cc32)cc1OC. The Morgan fingerprint density at radius 3 is 2.52 bits per heavy atom. The number of nitrogens with zero attached hydrogens (tertiary/aromatic N) is 1. The Kier molecular flexibility index (Phi) is 5.79. The molecule has 0 N–H and O–H groups in total. The van der Waals surface area contributed by atoms with Gasteiger partial charge in [-0.25, -0.2) is 0 Å². The summed E-state index contributed by atoms with van der Waals surface area (Å²) in [6.45, 7) is 2.24. The fourth-order valence-corrected chi connectivity index (χ4v) is 3.47. The first-order chi connectivity index (χ1) is 13.0. The molecule has 2 aromatic rings. The second-order valence-electron chi connectivity index (χ2n) is 6.74. The number of aryl methyl sites for hydroxylation is 2. The molecular weight excluding hydrogens is 342 g/mol. The number of ketones is 1. The maximum Gasteiger partial charge on any atom is 0.227 e. The monoisotopic (exact) mass is 367 g/mol. The van der Waals surface area contributed by atoms with Crippen LogP contribution in [-0.4, -0.2) is 32.5 Å². The van der Waals surface area contributed by atoms with Crippen LogP contribution in [-0.2, 0) is 17.6 Å². The zero-order valence-corrected chi connectivity index (χ0v) is 16.1. The van der Waals surface area contributed by atoms with Crippen molar-refractivity contribution in [1.82, 2.24) is 0 Å². The van der Waals surface area contributed by atoms with Crippen molar-refractivity contribution >= 4 is 17.4 Å². The fraction of sp³-hybridized carbons (Fsp3) is 0.364. The van der Waals surface area contributed by atoms with Crippen LogP contribution in [0.15, 0.2) is 36.4 Å². The van der Waals surface area contributed by atoms with E-state index in [2.05, 4.69) is 0 Å². The standard InChI is InChI=1S/C22H25NO4/c1-15(24)18-9-8-17-5-4-12-23(19(17)14-18)22(25)11-7-16-6-10-20(26-2)21(13-16)27-3/h6,8-10,13-14H,4-5,7,11-12H2,1-3H3. The van der Waals surface area contributed by atoms with Gasteiger partial charge in [-0.1, -0.05) is 18.2 Å². The molecule has 0 saturated carbocycles. The highest BCUT2D eigenvalue weighted by atomic mass is 16.5. The molecule has 1 heterocycles. The lowest BCUT2D eigenvalue weighted by Crippen LogP contribution is -2.35. The van der Waals surface area contributed by atoms with Gasteiger partial charge in [0.15, 0.2) is 17.3 Å². The maximum absolute atomic E-state index is 12.9. The van der Waals surface area contributed by atoms with Crippen molar-refractivity contribution in [3.8, 4) is 11.5 Å². The third-order valence-corrected chi connectivity index (χ3v) is 4.99. The number of ether oxygens (including phenoxy) is 2. The first kappa shape index (κ1) is 19.0. The summed E-state index contributed by atoms with van der Waals surface area (Å²) in [6, 6.07) is 11.4. The van der Waals surface area contributed by atoms with E-state index >= 15 is 0 Å². The molecule has 0 spiro atoms. The van der Waals surface area contributed by atoms with Crippen LogP contribution in [0.4, 0.5) is 5.69 Å². The van der Waals surface area contributed by atoms with Crippen molar-refractivity contribution in [2.45, 2.75) is 32.6 Å². The van der Waals surface area contributed by atoms with Crippen molar-refractivity contribution in [1.29, 1.82) is 0 Å². The van der Waals surface area contributed by atoms with Crippen LogP contribution in [0.1, 0.15) is 41.3 Å². The maximum atomic E-state index is 12.9. The lowest BCUT2D eigenvalue weighted by molar-refractivity contribution is -0.118. The Hall–Kier alpha value is -2.82. The Balaban J connectivity index is 1.74. The molecule has 3 rings (SSSR count). The number of anilines is 1. The smallest absolute Gasteiger partial charge is 0.227 e. The summed E-state index contributed by atoms with van der Waals surface area (Å²) in [5.41, 5.74) is 3.68. The molecule has 0 radical (unpaired) electrons. The summed E-state index contributed by atoms with van der Waals surface area (Å²) >= 11 is 0. The number of amides is 1. The molecule has 27 heavy (non-hydrogen) atoms. The Morgan fingerprint density at radius 2 is 1.81 bits per heavy atom. The minimum atomic E-state index is 0.0149. The molecule has 1 aliphatic heterocycles. The van der Waals surface area contributed by atoms with E-state index in [1.807, 2.05) is 41.3 Å². The Bertz CT molecular complexity index is 859. The molecule has 0 aromatic heterocycles. The number of rotatable bonds is 6. The first-order valence-electron chi connectivity index (χ1n) is 9.18. The topological polar surface area (TPSA) is 55.8 Å². The van der Waals surface area contributed by atoms with Crippen LogP contribution in [0, 0.1) is 0 Å². The van der Waals surface area contributed by atoms with Gasteiger partial charge in [0.2, 0.25) is 5.91 Å². The predicted octanol–water partition coefficient (Wildman–Crippen LogP) is 3.82. The summed E-state index contributed by atoms with van der Waals surface area (Å²) in [7, 11) is 3.20. The molecule has 2 aromatic carbocycles. The van der Waals surface area contributed by atoms with Crippen LogP contribution < -0.4 is 14.4 Å². The van der Waals surface area contributed by atoms with Gasteiger partial charge >= 0.3 is 0 Å². The van der Waals surface area contributed by atoms with Gasteiger partial charge in [-0.3, -0.25) is 9.59 Å². The number of benzene rings is 2. The molecular formula is C22H25NO4. The number of Topliss-reactive ketones (excluding diaryl/α,β-unsaturated/α-hetero) is 1. The number of hydrogen-bond acceptors (Lipinski definition) is 4.